The summed E-state index contributed by atoms with van der Waals surface area (Å²) in [5, 5.41) is 33.5. The molecule has 0 bridgehead atoms. The van der Waals surface area contributed by atoms with Crippen molar-refractivity contribution >= 4 is 41.5 Å². The smallest absolute Gasteiger partial charge is 0.326 e. The van der Waals surface area contributed by atoms with Crippen molar-refractivity contribution < 1.29 is 48.9 Å². The Morgan fingerprint density at radius 2 is 1.44 bits per heavy atom. The van der Waals surface area contributed by atoms with Crippen LogP contribution in [0.3, 0.4) is 0 Å². The number of imidazole rings is 1. The van der Waals surface area contributed by atoms with Crippen molar-refractivity contribution in [3.05, 3.63) is 18.2 Å². The van der Waals surface area contributed by atoms with Gasteiger partial charge in [-0.15, -0.1) is 0 Å². The van der Waals surface area contributed by atoms with Crippen molar-refractivity contribution in [1.29, 1.82) is 0 Å². The van der Waals surface area contributed by atoms with Gasteiger partial charge in [-0.3, -0.25) is 28.8 Å². The molecular formula is C19H27N7O10. The number of aliphatic carboxylic acids is 3. The van der Waals surface area contributed by atoms with Crippen LogP contribution in [0.4, 0.5) is 0 Å². The zero-order valence-electron chi connectivity index (χ0n) is 18.8. The van der Waals surface area contributed by atoms with Crippen LogP contribution in [-0.2, 0) is 40.0 Å². The molecule has 0 spiro atoms. The molecule has 11 N–H and O–H groups in total. The largest absolute Gasteiger partial charge is 0.481 e. The fourth-order valence-electron chi connectivity index (χ4n) is 2.87. The highest BCUT2D eigenvalue weighted by atomic mass is 16.4. The Morgan fingerprint density at radius 1 is 0.861 bits per heavy atom. The molecule has 1 aromatic heterocycles. The van der Waals surface area contributed by atoms with E-state index in [9.17, 15) is 38.7 Å². The molecule has 4 unspecified atom stereocenters. The first-order valence-electron chi connectivity index (χ1n) is 10.4. The molecule has 1 heterocycles. The number of nitrogens with zero attached hydrogens (tertiary/aromatic N) is 1. The summed E-state index contributed by atoms with van der Waals surface area (Å²) in [6, 6.07) is -6.29. The first kappa shape index (κ1) is 29.5. The number of carbonyl (C=O) groups is 7. The molecule has 1 rings (SSSR count). The van der Waals surface area contributed by atoms with E-state index in [0.717, 1.165) is 0 Å². The van der Waals surface area contributed by atoms with Crippen molar-refractivity contribution in [1.82, 2.24) is 25.9 Å². The van der Waals surface area contributed by atoms with Crippen LogP contribution in [-0.4, -0.2) is 91.0 Å². The molecule has 0 radical (unpaired) electrons. The summed E-state index contributed by atoms with van der Waals surface area (Å²) in [6.07, 6.45) is -0.183. The number of carbonyl (C=O) groups excluding carboxylic acids is 4. The Hall–Kier alpha value is -4.54. The SMILES string of the molecule is NC(=O)CC(N)C(=O)NC(Cc1cnc[nH]1)C(=O)NC(CC(=O)O)C(=O)NC(CCC(=O)O)C(=O)O. The van der Waals surface area contributed by atoms with E-state index in [2.05, 4.69) is 20.6 Å². The van der Waals surface area contributed by atoms with E-state index < -0.39 is 91.4 Å². The number of amides is 4. The molecule has 0 aliphatic rings. The molecule has 0 aliphatic heterocycles. The van der Waals surface area contributed by atoms with Gasteiger partial charge >= 0.3 is 17.9 Å². The van der Waals surface area contributed by atoms with E-state index in [1.807, 2.05) is 5.32 Å². The number of nitrogens with two attached hydrogens (primary N) is 2. The minimum Gasteiger partial charge on any atom is -0.481 e. The Balaban J connectivity index is 3.06. The first-order chi connectivity index (χ1) is 16.8. The lowest BCUT2D eigenvalue weighted by molar-refractivity contribution is -0.144. The van der Waals surface area contributed by atoms with Crippen molar-refractivity contribution in [2.75, 3.05) is 0 Å². The number of aromatic nitrogens is 2. The molecular weight excluding hydrogens is 486 g/mol. The number of hydrogen-bond acceptors (Lipinski definition) is 9. The van der Waals surface area contributed by atoms with Crippen LogP contribution >= 0.6 is 0 Å². The lowest BCUT2D eigenvalue weighted by Gasteiger charge is -2.24. The zero-order valence-corrected chi connectivity index (χ0v) is 18.8. The Bertz CT molecular complexity index is 981. The Kier molecular flexibility index (Phi) is 11.5. The van der Waals surface area contributed by atoms with Gasteiger partial charge in [-0.2, -0.15) is 0 Å². The summed E-state index contributed by atoms with van der Waals surface area (Å²) in [4.78, 5) is 88.7. The maximum absolute atomic E-state index is 12.9. The first-order valence-corrected chi connectivity index (χ1v) is 10.4. The van der Waals surface area contributed by atoms with Gasteiger partial charge in [-0.05, 0) is 6.42 Å². The summed E-state index contributed by atoms with van der Waals surface area (Å²) < 4.78 is 0. The van der Waals surface area contributed by atoms with Gasteiger partial charge in [-0.25, -0.2) is 9.78 Å². The highest BCUT2D eigenvalue weighted by Gasteiger charge is 2.32. The maximum atomic E-state index is 12.9. The van der Waals surface area contributed by atoms with E-state index >= 15 is 0 Å². The molecule has 1 aromatic rings. The Morgan fingerprint density at radius 3 is 1.94 bits per heavy atom. The molecule has 4 atom stereocenters. The van der Waals surface area contributed by atoms with Crippen LogP contribution in [0.15, 0.2) is 12.5 Å². The highest BCUT2D eigenvalue weighted by Crippen LogP contribution is 2.05. The number of nitrogens with one attached hydrogen (secondary N) is 4. The number of hydrogen-bond donors (Lipinski definition) is 9. The predicted molar refractivity (Wildman–Crippen MR) is 117 cm³/mol. The number of carboxylic acids is 3. The summed E-state index contributed by atoms with van der Waals surface area (Å²) in [5.74, 6) is -8.47. The monoisotopic (exact) mass is 513 g/mol. The quantitative estimate of drug-likeness (QED) is 0.102. The molecule has 4 amide bonds. The Labute approximate surface area is 203 Å². The third-order valence-electron chi connectivity index (χ3n) is 4.64. The maximum Gasteiger partial charge on any atom is 0.326 e. The van der Waals surface area contributed by atoms with E-state index in [1.54, 1.807) is 0 Å². The molecule has 0 saturated heterocycles. The second kappa shape index (κ2) is 14.0. The molecule has 36 heavy (non-hydrogen) atoms. The molecule has 17 heteroatoms. The molecule has 0 aromatic carbocycles. The van der Waals surface area contributed by atoms with Gasteiger partial charge in [0, 0.05) is 24.7 Å². The number of aromatic amines is 1. The summed E-state index contributed by atoms with van der Waals surface area (Å²) in [6.45, 7) is 0. The molecule has 0 fully saturated rings. The average Bonchev–Trinajstić information content (AvgIpc) is 3.27. The van der Waals surface area contributed by atoms with Crippen molar-refractivity contribution in [2.24, 2.45) is 11.5 Å². The van der Waals surface area contributed by atoms with Gasteiger partial charge in [0.25, 0.3) is 0 Å². The van der Waals surface area contributed by atoms with Gasteiger partial charge in [0.05, 0.1) is 25.2 Å². The van der Waals surface area contributed by atoms with Crippen molar-refractivity contribution in [3.8, 4) is 0 Å². The number of H-pyrrole nitrogens is 1. The van der Waals surface area contributed by atoms with Crippen molar-refractivity contribution in [2.45, 2.75) is 56.3 Å². The van der Waals surface area contributed by atoms with Gasteiger partial charge in [0.1, 0.15) is 18.1 Å². The van der Waals surface area contributed by atoms with Crippen LogP contribution in [0.1, 0.15) is 31.4 Å². The average molecular weight is 513 g/mol. The van der Waals surface area contributed by atoms with Crippen LogP contribution < -0.4 is 27.4 Å². The third kappa shape index (κ3) is 10.6. The predicted octanol–water partition coefficient (Wildman–Crippen LogP) is -3.97. The standard InChI is InChI=1S/C19H27N7O10/c20-9(4-13(21)27)16(32)25-11(3-8-6-22-7-23-8)17(33)26-12(5-15(30)31)18(34)24-10(19(35)36)1-2-14(28)29/h6-7,9-12H,1-5,20H2,(H2,21,27)(H,22,23)(H,24,34)(H,25,32)(H,26,33)(H,28,29)(H,30,31)(H,35,36). The van der Waals surface area contributed by atoms with Crippen LogP contribution in [0, 0.1) is 0 Å². The number of rotatable bonds is 16. The fraction of sp³-hybridized carbons (Fsp3) is 0.474. The molecule has 198 valence electrons. The molecule has 0 saturated carbocycles. The topological polar surface area (TPSA) is 297 Å². The zero-order chi connectivity index (χ0) is 27.4. The van der Waals surface area contributed by atoms with Gasteiger partial charge in [0.2, 0.25) is 23.6 Å². The van der Waals surface area contributed by atoms with E-state index in [4.69, 9.17) is 21.7 Å². The van der Waals surface area contributed by atoms with Crippen LogP contribution in [0.2, 0.25) is 0 Å². The second-order valence-electron chi connectivity index (χ2n) is 7.61. The van der Waals surface area contributed by atoms with Gasteiger partial charge in [0.15, 0.2) is 0 Å². The lowest BCUT2D eigenvalue weighted by atomic mass is 10.1. The van der Waals surface area contributed by atoms with Gasteiger partial charge < -0.3 is 47.7 Å². The van der Waals surface area contributed by atoms with E-state index in [1.165, 1.54) is 12.5 Å². The fourth-order valence-corrected chi connectivity index (χ4v) is 2.87. The summed E-state index contributed by atoms with van der Waals surface area (Å²) in [5.41, 5.74) is 11.0. The minimum atomic E-state index is -1.79. The van der Waals surface area contributed by atoms with Crippen LogP contribution in [0.5, 0.6) is 0 Å². The normalized spacial score (nSPS) is 13.9. The minimum absolute atomic E-state index is 0.210. The number of carboxylic acid groups (broad SMARTS) is 3. The van der Waals surface area contributed by atoms with Gasteiger partial charge in [-0.1, -0.05) is 0 Å². The van der Waals surface area contributed by atoms with Crippen LogP contribution in [0.25, 0.3) is 0 Å². The summed E-state index contributed by atoms with van der Waals surface area (Å²) in [7, 11) is 0. The molecule has 17 nitrogen and oxygen atoms in total. The van der Waals surface area contributed by atoms with Crippen molar-refractivity contribution in [3.63, 3.8) is 0 Å². The second-order valence-corrected chi connectivity index (χ2v) is 7.61. The lowest BCUT2D eigenvalue weighted by Crippen LogP contribution is -2.58. The summed E-state index contributed by atoms with van der Waals surface area (Å²) >= 11 is 0. The van der Waals surface area contributed by atoms with E-state index in [0.29, 0.717) is 5.69 Å². The highest BCUT2D eigenvalue weighted by molar-refractivity contribution is 5.96. The van der Waals surface area contributed by atoms with E-state index in [-0.39, 0.29) is 6.42 Å². The third-order valence-corrected chi connectivity index (χ3v) is 4.64. The molecule has 0 aliphatic carbocycles. The number of primary amides is 1.